The molecule has 55 heavy (non-hydrogen) atoms. The Morgan fingerprint density at radius 2 is 1.45 bits per heavy atom. The van der Waals surface area contributed by atoms with Gasteiger partial charge in [0.1, 0.15) is 0 Å². The molecule has 0 unspecified atom stereocenters. The van der Waals surface area contributed by atoms with Crippen molar-refractivity contribution in [2.75, 3.05) is 43.0 Å². The molecule has 16 heteroatoms. The number of benzene rings is 3. The molecule has 16 nitrogen and oxygen atoms in total. The van der Waals surface area contributed by atoms with Crippen LogP contribution in [-0.2, 0) is 19.2 Å². The van der Waals surface area contributed by atoms with Crippen LogP contribution in [0.1, 0.15) is 25.3 Å². The minimum Gasteiger partial charge on any atom is -0.502 e. The number of carbonyl (C=O) groups excluding carboxylic acids is 4. The summed E-state index contributed by atoms with van der Waals surface area (Å²) < 4.78 is 10.7. The molecule has 0 aromatic heterocycles. The first-order valence-corrected chi connectivity index (χ1v) is 17.4. The zero-order valence-corrected chi connectivity index (χ0v) is 30.5. The summed E-state index contributed by atoms with van der Waals surface area (Å²) in [7, 11) is 5.60. The molecule has 3 aromatic rings. The van der Waals surface area contributed by atoms with E-state index in [1.807, 2.05) is 6.08 Å². The lowest BCUT2D eigenvalue weighted by molar-refractivity contribution is -0.392. The number of allylic oxidation sites excluding steroid dienone is 3. The Labute approximate surface area is 314 Å². The van der Waals surface area contributed by atoms with Crippen LogP contribution >= 0.6 is 0 Å². The van der Waals surface area contributed by atoms with Gasteiger partial charge in [-0.3, -0.25) is 39.4 Å². The first-order chi connectivity index (χ1) is 26.1. The van der Waals surface area contributed by atoms with Crippen molar-refractivity contribution in [2.45, 2.75) is 19.8 Å². The highest BCUT2D eigenvalue weighted by Crippen LogP contribution is 2.61. The number of rotatable bonds is 9. The van der Waals surface area contributed by atoms with Crippen molar-refractivity contribution in [3.8, 4) is 17.2 Å². The molecule has 2 aliphatic carbocycles. The average molecular weight is 752 g/mol. The molecule has 4 aliphatic rings. The summed E-state index contributed by atoms with van der Waals surface area (Å²) in [6, 6.07) is 13.7. The van der Waals surface area contributed by atoms with E-state index in [0.29, 0.717) is 16.8 Å². The maximum atomic E-state index is 14.6. The molecule has 284 valence electrons. The molecule has 7 rings (SSSR count). The van der Waals surface area contributed by atoms with Crippen LogP contribution in [0.5, 0.6) is 17.2 Å². The van der Waals surface area contributed by atoms with E-state index in [9.17, 15) is 44.5 Å². The lowest BCUT2D eigenvalue weighted by Gasteiger charge is -2.47. The van der Waals surface area contributed by atoms with Gasteiger partial charge in [-0.15, -0.1) is 0 Å². The monoisotopic (exact) mass is 751 g/mol. The van der Waals surface area contributed by atoms with Crippen molar-refractivity contribution in [1.82, 2.24) is 0 Å². The van der Waals surface area contributed by atoms with E-state index in [0.717, 1.165) is 17.0 Å². The fraction of sp³-hybridized carbons (Fsp3) is 0.333. The van der Waals surface area contributed by atoms with Gasteiger partial charge in [0, 0.05) is 32.1 Å². The van der Waals surface area contributed by atoms with Crippen molar-refractivity contribution in [2.24, 2.45) is 35.0 Å². The fourth-order valence-corrected chi connectivity index (χ4v) is 8.97. The molecule has 6 atom stereocenters. The molecule has 3 aromatic carbocycles. The summed E-state index contributed by atoms with van der Waals surface area (Å²) >= 11 is 0. The Balaban J connectivity index is 1.35. The van der Waals surface area contributed by atoms with Crippen LogP contribution in [0.25, 0.3) is 6.08 Å². The molecule has 2 heterocycles. The number of nitro benzene ring substituents is 2. The Morgan fingerprint density at radius 3 is 2.00 bits per heavy atom. The van der Waals surface area contributed by atoms with Gasteiger partial charge in [0.15, 0.2) is 17.2 Å². The van der Waals surface area contributed by atoms with Gasteiger partial charge in [-0.05, 0) is 55.5 Å². The van der Waals surface area contributed by atoms with Crippen LogP contribution in [-0.4, -0.2) is 66.9 Å². The van der Waals surface area contributed by atoms with Gasteiger partial charge in [0.05, 0.1) is 58.6 Å². The van der Waals surface area contributed by atoms with E-state index in [-0.39, 0.29) is 41.5 Å². The smallest absolute Gasteiger partial charge is 0.301 e. The molecule has 1 N–H and O–H groups in total. The average Bonchev–Trinajstić information content (AvgIpc) is 3.53. The van der Waals surface area contributed by atoms with Gasteiger partial charge in [0.2, 0.25) is 29.4 Å². The third-order valence-corrected chi connectivity index (χ3v) is 11.5. The van der Waals surface area contributed by atoms with Crippen molar-refractivity contribution in [1.29, 1.82) is 0 Å². The summed E-state index contributed by atoms with van der Waals surface area (Å²) in [6.07, 6.45) is 5.46. The zero-order chi connectivity index (χ0) is 39.7. The quantitative estimate of drug-likeness (QED) is 0.129. The number of fused-ring (bicyclic) bond motifs is 4. The highest BCUT2D eigenvalue weighted by Gasteiger charge is 2.67. The van der Waals surface area contributed by atoms with Crippen LogP contribution in [0.3, 0.4) is 0 Å². The SMILES string of the molecule is COc1cc(C=C[C@H]2C3=CC[C@@H]4C(=O)N(c5cc([N+](=O)[O-])c(N(C)C)c([N+](=O)[O-])c5)C(=O)[C@@H]4[C@@H]3C[C@H]3C(=O)N(c4ccccc4)C(=O)[C@@]23C)cc(OC)c1O. The second-order valence-electron chi connectivity index (χ2n) is 14.4. The molecular formula is C39H37N5O11. The van der Waals surface area contributed by atoms with Gasteiger partial charge in [0.25, 0.3) is 0 Å². The van der Waals surface area contributed by atoms with Gasteiger partial charge >= 0.3 is 11.4 Å². The third kappa shape index (κ3) is 5.50. The molecule has 3 fully saturated rings. The minimum atomic E-state index is -1.32. The number of carbonyl (C=O) groups is 4. The molecule has 0 bridgehead atoms. The highest BCUT2D eigenvalue weighted by molar-refractivity contribution is 6.25. The Bertz CT molecular complexity index is 2190. The van der Waals surface area contributed by atoms with Crippen LogP contribution in [0.4, 0.5) is 28.4 Å². The van der Waals surface area contributed by atoms with Crippen molar-refractivity contribution < 1.29 is 43.6 Å². The second-order valence-corrected chi connectivity index (χ2v) is 14.4. The Morgan fingerprint density at radius 1 is 0.855 bits per heavy atom. The second kappa shape index (κ2) is 13.4. The Kier molecular flexibility index (Phi) is 8.94. The molecule has 1 saturated carbocycles. The van der Waals surface area contributed by atoms with Crippen molar-refractivity contribution >= 4 is 58.1 Å². The van der Waals surface area contributed by atoms with E-state index in [4.69, 9.17) is 9.47 Å². The first-order valence-electron chi connectivity index (χ1n) is 17.4. The van der Waals surface area contributed by atoms with Crippen LogP contribution in [0, 0.1) is 55.2 Å². The van der Waals surface area contributed by atoms with E-state index in [1.165, 1.54) is 38.1 Å². The number of phenols is 1. The Hall–Kier alpha value is -6.58. The summed E-state index contributed by atoms with van der Waals surface area (Å²) in [6.45, 7) is 1.73. The molecule has 2 aliphatic heterocycles. The standard InChI is InChI=1S/C39H37N5O11/c1-39-26(14-11-20-15-30(54-4)34(45)31(16-20)55-5)23-12-13-24-32(25(23)19-27(39)36(47)42(38(39)49)21-9-7-6-8-10-21)37(48)41(35(24)46)22-17-28(43(50)51)33(40(2)3)29(18-22)44(52)53/h6-12,14-18,24-27,32,45H,13,19H2,1-5H3/t24-,25+,26-,27-,32-,39-/m0/s1. The van der Waals surface area contributed by atoms with Gasteiger partial charge in [-0.25, -0.2) is 9.80 Å². The number of phenolic OH excluding ortho intramolecular Hbond substituents is 1. The number of methoxy groups -OCH3 is 2. The molecule has 4 amide bonds. The lowest BCUT2D eigenvalue weighted by atomic mass is 9.52. The summed E-state index contributed by atoms with van der Waals surface area (Å²) in [5.74, 6) is -6.53. The number of hydrogen-bond donors (Lipinski definition) is 1. The number of amides is 4. The normalized spacial score (nSPS) is 25.8. The third-order valence-electron chi connectivity index (χ3n) is 11.5. The molecule has 2 saturated heterocycles. The topological polar surface area (TPSA) is 203 Å². The van der Waals surface area contributed by atoms with Gasteiger partial charge in [-0.1, -0.05) is 42.0 Å². The highest BCUT2D eigenvalue weighted by atomic mass is 16.6. The van der Waals surface area contributed by atoms with E-state index < -0.39 is 79.9 Å². The number of anilines is 3. The minimum absolute atomic E-state index is 0.0509. The van der Waals surface area contributed by atoms with Gasteiger partial charge in [-0.2, -0.15) is 0 Å². The van der Waals surface area contributed by atoms with E-state index >= 15 is 0 Å². The van der Waals surface area contributed by atoms with Crippen LogP contribution < -0.4 is 24.2 Å². The number of para-hydroxylation sites is 1. The number of ether oxygens (including phenoxy) is 2. The van der Waals surface area contributed by atoms with Crippen LogP contribution in [0.2, 0.25) is 0 Å². The fourth-order valence-electron chi connectivity index (χ4n) is 8.97. The lowest BCUT2D eigenvalue weighted by Crippen LogP contribution is -2.49. The van der Waals surface area contributed by atoms with Crippen molar-refractivity contribution in [3.63, 3.8) is 0 Å². The number of nitrogens with zero attached hydrogens (tertiary/aromatic N) is 5. The number of imide groups is 2. The molecule has 0 radical (unpaired) electrons. The maximum absolute atomic E-state index is 14.6. The predicted molar refractivity (Wildman–Crippen MR) is 199 cm³/mol. The van der Waals surface area contributed by atoms with E-state index in [2.05, 4.69) is 0 Å². The van der Waals surface area contributed by atoms with Gasteiger partial charge < -0.3 is 19.5 Å². The maximum Gasteiger partial charge on any atom is 0.301 e. The molecular weight excluding hydrogens is 714 g/mol. The largest absolute Gasteiger partial charge is 0.502 e. The summed E-state index contributed by atoms with van der Waals surface area (Å²) in [5, 5.41) is 34.8. The van der Waals surface area contributed by atoms with Crippen molar-refractivity contribution in [3.05, 3.63) is 98.1 Å². The number of hydrogen-bond acceptors (Lipinski definition) is 12. The number of aromatic hydroxyl groups is 1. The van der Waals surface area contributed by atoms with Crippen LogP contribution in [0.15, 0.2) is 72.3 Å². The first kappa shape index (κ1) is 36.8. The summed E-state index contributed by atoms with van der Waals surface area (Å²) in [4.78, 5) is 83.5. The van der Waals surface area contributed by atoms with E-state index in [1.54, 1.807) is 61.5 Å². The molecule has 0 spiro atoms. The summed E-state index contributed by atoms with van der Waals surface area (Å²) in [5.41, 5.74) is -1.61. The predicted octanol–water partition coefficient (Wildman–Crippen LogP) is 5.27. The number of nitro groups is 2. The zero-order valence-electron chi connectivity index (χ0n) is 30.5.